The van der Waals surface area contributed by atoms with Crippen molar-refractivity contribution in [2.24, 2.45) is 5.92 Å². The van der Waals surface area contributed by atoms with Crippen LogP contribution in [0.1, 0.15) is 54.8 Å². The van der Waals surface area contributed by atoms with Crippen molar-refractivity contribution in [1.29, 1.82) is 0 Å². The summed E-state index contributed by atoms with van der Waals surface area (Å²) in [5.74, 6) is 0.503. The quantitative estimate of drug-likeness (QED) is 0.837. The summed E-state index contributed by atoms with van der Waals surface area (Å²) in [5, 5.41) is 11.3. The van der Waals surface area contributed by atoms with Crippen LogP contribution in [0.5, 0.6) is 0 Å². The molecular formula is C16H19NO3S. The molecule has 1 aliphatic carbocycles. The topological polar surface area (TPSA) is 63.3 Å². The van der Waals surface area contributed by atoms with Gasteiger partial charge in [-0.25, -0.2) is 9.78 Å². The zero-order chi connectivity index (χ0) is 14.7. The van der Waals surface area contributed by atoms with E-state index < -0.39 is 5.97 Å². The van der Waals surface area contributed by atoms with Crippen LogP contribution >= 0.6 is 11.3 Å². The van der Waals surface area contributed by atoms with Crippen LogP contribution in [0.2, 0.25) is 0 Å². The van der Waals surface area contributed by atoms with E-state index in [4.69, 9.17) is 4.42 Å². The van der Waals surface area contributed by atoms with E-state index in [1.54, 1.807) is 0 Å². The zero-order valence-corrected chi connectivity index (χ0v) is 12.7. The first-order valence-corrected chi connectivity index (χ1v) is 8.39. The highest BCUT2D eigenvalue weighted by Gasteiger charge is 2.24. The highest BCUT2D eigenvalue weighted by Crippen LogP contribution is 2.31. The third-order valence-electron chi connectivity index (χ3n) is 4.08. The summed E-state index contributed by atoms with van der Waals surface area (Å²) >= 11 is 1.51. The summed E-state index contributed by atoms with van der Waals surface area (Å²) in [6.07, 6.45) is 8.07. The Labute approximate surface area is 127 Å². The third-order valence-corrected chi connectivity index (χ3v) is 4.94. The number of aromatic carboxylic acids is 1. The van der Waals surface area contributed by atoms with Gasteiger partial charge in [0.15, 0.2) is 5.69 Å². The van der Waals surface area contributed by atoms with Crippen molar-refractivity contribution in [3.63, 3.8) is 0 Å². The lowest BCUT2D eigenvalue weighted by molar-refractivity contribution is 0.0688. The Bertz CT molecular complexity index is 595. The molecule has 21 heavy (non-hydrogen) atoms. The predicted molar refractivity (Wildman–Crippen MR) is 81.7 cm³/mol. The molecule has 0 atom stereocenters. The van der Waals surface area contributed by atoms with Gasteiger partial charge in [-0.05, 0) is 17.4 Å². The van der Waals surface area contributed by atoms with E-state index >= 15 is 0 Å². The van der Waals surface area contributed by atoms with Gasteiger partial charge in [0.25, 0.3) is 0 Å². The normalized spacial score (nSPS) is 16.8. The van der Waals surface area contributed by atoms with E-state index in [-0.39, 0.29) is 5.69 Å². The average molecular weight is 305 g/mol. The minimum atomic E-state index is -0.995. The molecule has 2 aromatic rings. The molecule has 2 heterocycles. The second-order valence-electron chi connectivity index (χ2n) is 5.63. The molecule has 0 unspecified atom stereocenters. The zero-order valence-electron chi connectivity index (χ0n) is 11.9. The lowest BCUT2D eigenvalue weighted by Gasteiger charge is -2.11. The molecule has 0 aliphatic heterocycles. The average Bonchev–Trinajstić information content (AvgIpc) is 3.04. The molecule has 0 bridgehead atoms. The van der Waals surface area contributed by atoms with Gasteiger partial charge in [-0.1, -0.05) is 44.6 Å². The number of hydrogen-bond acceptors (Lipinski definition) is 4. The van der Waals surface area contributed by atoms with Crippen molar-refractivity contribution in [3.05, 3.63) is 29.0 Å². The maximum atomic E-state index is 11.4. The fraction of sp³-hybridized carbons (Fsp3) is 0.500. The number of carboxylic acids is 1. The Hall–Kier alpha value is -1.62. The van der Waals surface area contributed by atoms with Crippen molar-refractivity contribution in [2.75, 3.05) is 0 Å². The molecule has 1 N–H and O–H groups in total. The Kier molecular flexibility index (Phi) is 4.39. The molecule has 0 saturated heterocycles. The second kappa shape index (κ2) is 6.43. The summed E-state index contributed by atoms with van der Waals surface area (Å²) in [6.45, 7) is 0. The Morgan fingerprint density at radius 1 is 1.33 bits per heavy atom. The number of oxazole rings is 1. The van der Waals surface area contributed by atoms with Crippen molar-refractivity contribution in [3.8, 4) is 10.8 Å². The van der Waals surface area contributed by atoms with Gasteiger partial charge in [0.05, 0.1) is 4.88 Å². The molecule has 112 valence electrons. The standard InChI is InChI=1S/C16H19NO3S/c18-16(19)14-12(10-11-6-3-1-2-4-7-11)20-15(17-14)13-8-5-9-21-13/h5,8-9,11H,1-4,6-7,10H2,(H,18,19). The SMILES string of the molecule is O=C(O)c1nc(-c2cccs2)oc1CC1CCCCCC1. The summed E-state index contributed by atoms with van der Waals surface area (Å²) < 4.78 is 5.78. The number of carboxylic acid groups (broad SMARTS) is 1. The number of hydrogen-bond donors (Lipinski definition) is 1. The molecule has 4 nitrogen and oxygen atoms in total. The molecule has 0 radical (unpaired) electrons. The lowest BCUT2D eigenvalue weighted by atomic mass is 9.95. The molecule has 0 amide bonds. The fourth-order valence-corrected chi connectivity index (χ4v) is 3.64. The molecular weight excluding hydrogens is 286 g/mol. The number of nitrogens with zero attached hydrogens (tertiary/aromatic N) is 1. The number of rotatable bonds is 4. The van der Waals surface area contributed by atoms with Crippen molar-refractivity contribution < 1.29 is 14.3 Å². The highest BCUT2D eigenvalue weighted by molar-refractivity contribution is 7.13. The smallest absolute Gasteiger partial charge is 0.358 e. The van der Waals surface area contributed by atoms with Gasteiger partial charge in [-0.15, -0.1) is 11.3 Å². The van der Waals surface area contributed by atoms with Crippen LogP contribution in [0.15, 0.2) is 21.9 Å². The van der Waals surface area contributed by atoms with Crippen molar-refractivity contribution >= 4 is 17.3 Å². The Morgan fingerprint density at radius 3 is 2.71 bits per heavy atom. The van der Waals surface area contributed by atoms with Gasteiger partial charge < -0.3 is 9.52 Å². The summed E-state index contributed by atoms with van der Waals surface area (Å²) in [7, 11) is 0. The highest BCUT2D eigenvalue weighted by atomic mass is 32.1. The number of aromatic nitrogens is 1. The van der Waals surface area contributed by atoms with Crippen LogP contribution in [-0.2, 0) is 6.42 Å². The van der Waals surface area contributed by atoms with E-state index in [2.05, 4.69) is 4.98 Å². The third kappa shape index (κ3) is 3.35. The first-order chi connectivity index (χ1) is 10.2. The molecule has 1 fully saturated rings. The van der Waals surface area contributed by atoms with Gasteiger partial charge in [0, 0.05) is 6.42 Å². The van der Waals surface area contributed by atoms with Crippen LogP contribution in [-0.4, -0.2) is 16.1 Å². The van der Waals surface area contributed by atoms with Gasteiger partial charge in [0.1, 0.15) is 5.76 Å². The predicted octanol–water partition coefficient (Wildman–Crippen LogP) is 4.61. The first kappa shape index (κ1) is 14.3. The van der Waals surface area contributed by atoms with Gasteiger partial charge in [0.2, 0.25) is 5.89 Å². The van der Waals surface area contributed by atoms with Gasteiger partial charge >= 0.3 is 5.97 Å². The van der Waals surface area contributed by atoms with Crippen LogP contribution in [0.4, 0.5) is 0 Å². The largest absolute Gasteiger partial charge is 0.476 e. The van der Waals surface area contributed by atoms with Crippen LogP contribution < -0.4 is 0 Å². The molecule has 2 aromatic heterocycles. The summed E-state index contributed by atoms with van der Waals surface area (Å²) in [5.41, 5.74) is 0.0858. The van der Waals surface area contributed by atoms with E-state index in [1.165, 1.54) is 37.0 Å². The second-order valence-corrected chi connectivity index (χ2v) is 6.58. The van der Waals surface area contributed by atoms with E-state index in [0.717, 1.165) is 17.7 Å². The maximum Gasteiger partial charge on any atom is 0.358 e. The van der Waals surface area contributed by atoms with E-state index in [0.29, 0.717) is 24.0 Å². The monoisotopic (exact) mass is 305 g/mol. The van der Waals surface area contributed by atoms with Crippen LogP contribution in [0.3, 0.4) is 0 Å². The number of thiophene rings is 1. The maximum absolute atomic E-state index is 11.4. The first-order valence-electron chi connectivity index (χ1n) is 7.51. The van der Waals surface area contributed by atoms with E-state index in [9.17, 15) is 9.90 Å². The fourth-order valence-electron chi connectivity index (χ4n) is 2.99. The molecule has 1 saturated carbocycles. The van der Waals surface area contributed by atoms with Crippen LogP contribution in [0.25, 0.3) is 10.8 Å². The van der Waals surface area contributed by atoms with Crippen LogP contribution in [0, 0.1) is 5.92 Å². The number of carbonyl (C=O) groups is 1. The van der Waals surface area contributed by atoms with Crippen molar-refractivity contribution in [2.45, 2.75) is 44.9 Å². The summed E-state index contributed by atoms with van der Waals surface area (Å²) in [4.78, 5) is 16.5. The molecule has 1 aliphatic rings. The van der Waals surface area contributed by atoms with Gasteiger partial charge in [-0.3, -0.25) is 0 Å². The molecule has 3 rings (SSSR count). The van der Waals surface area contributed by atoms with Crippen molar-refractivity contribution in [1.82, 2.24) is 4.98 Å². The van der Waals surface area contributed by atoms with Gasteiger partial charge in [-0.2, -0.15) is 0 Å². The minimum absolute atomic E-state index is 0.0858. The lowest BCUT2D eigenvalue weighted by Crippen LogP contribution is -2.07. The minimum Gasteiger partial charge on any atom is -0.476 e. The molecule has 0 spiro atoms. The molecule has 0 aromatic carbocycles. The molecule has 5 heteroatoms. The summed E-state index contributed by atoms with van der Waals surface area (Å²) in [6, 6.07) is 3.81. The Morgan fingerprint density at radius 2 is 2.10 bits per heavy atom. The van der Waals surface area contributed by atoms with E-state index in [1.807, 2.05) is 17.5 Å². The Balaban J connectivity index is 1.84.